The first-order valence-corrected chi connectivity index (χ1v) is 16.0. The molecule has 13 heterocycles. The monoisotopic (exact) mass is 358 g/mol. The van der Waals surface area contributed by atoms with Crippen LogP contribution in [0.15, 0.2) is 36.5 Å². The van der Waals surface area contributed by atoms with Gasteiger partial charge >= 0.3 is 60.7 Å². The number of hydrogen-bond acceptors (Lipinski definition) is 1. The van der Waals surface area contributed by atoms with Gasteiger partial charge in [-0.2, -0.15) is 0 Å². The van der Waals surface area contributed by atoms with Gasteiger partial charge in [0.2, 0.25) is 0 Å². The van der Waals surface area contributed by atoms with Gasteiger partial charge in [-0.3, -0.25) is 4.90 Å². The molecule has 1 N–H and O–H groups in total. The molecule has 10 fully saturated rings. The van der Waals surface area contributed by atoms with Crippen LogP contribution in [-0.4, -0.2) is 6.03 Å². The van der Waals surface area contributed by atoms with E-state index in [0.29, 0.717) is 0 Å². The maximum atomic E-state index is 11.4. The number of benzene rings is 1. The van der Waals surface area contributed by atoms with Crippen LogP contribution in [0, 0.1) is 0 Å². The Bertz CT molecular complexity index is 1200. The SMILES string of the molecule is O=C1NC2C=CN1c1ccccc12.[CH]12[CH]3[CH]4[CH]5[CH]1[Fe]23451678[CH]2[CH]1[CH]6[CH]7[CH]28. The van der Waals surface area contributed by atoms with Crippen molar-refractivity contribution in [3.63, 3.8) is 0 Å². The van der Waals surface area contributed by atoms with E-state index in [9.17, 15) is 4.79 Å². The quantitative estimate of drug-likeness (QED) is 0.639. The molecule has 1 aromatic rings. The van der Waals surface area contributed by atoms with Gasteiger partial charge in [0.05, 0.1) is 11.7 Å². The summed E-state index contributed by atoms with van der Waals surface area (Å²) >= 11 is 0. The summed E-state index contributed by atoms with van der Waals surface area (Å²) < 4.78 is 0. The van der Waals surface area contributed by atoms with Crippen molar-refractivity contribution in [3.05, 3.63) is 42.1 Å². The van der Waals surface area contributed by atoms with Gasteiger partial charge < -0.3 is 5.32 Å². The van der Waals surface area contributed by atoms with Crippen LogP contribution in [0.3, 0.4) is 0 Å². The van der Waals surface area contributed by atoms with Crippen molar-refractivity contribution in [3.8, 4) is 0 Å². The van der Waals surface area contributed by atoms with Crippen LogP contribution in [0.5, 0.6) is 0 Å². The molecule has 24 heavy (non-hydrogen) atoms. The molecular weight excluding hydrogens is 340 g/mol. The zero-order valence-electron chi connectivity index (χ0n) is 13.0. The standard InChI is InChI=1S/C10H8N2O.2C5H5.Fe/c13-10-11-8-5-6-12(10)9-4-2-1-3-7(8)9;2*1-2-4-5-3-1;/h1-6,8H,(H,11,13);2*1-5H;. The first-order chi connectivity index (χ1) is 11.5. The van der Waals surface area contributed by atoms with Crippen molar-refractivity contribution < 1.29 is 11.3 Å². The van der Waals surface area contributed by atoms with E-state index in [-0.39, 0.29) is 12.1 Å². The summed E-state index contributed by atoms with van der Waals surface area (Å²) in [6.45, 7) is -2.28. The van der Waals surface area contributed by atoms with Crippen molar-refractivity contribution >= 4 is 11.7 Å². The Morgan fingerprint density at radius 1 is 0.833 bits per heavy atom. The van der Waals surface area contributed by atoms with Crippen LogP contribution in [-0.2, 0) is 6.51 Å². The Hall–Kier alpha value is -1.25. The number of fused-ring (bicyclic) bond motifs is 11. The maximum absolute atomic E-state index is 11.4. The minimum atomic E-state index is -2.28. The summed E-state index contributed by atoms with van der Waals surface area (Å²) in [6, 6.07) is 7.96. The van der Waals surface area contributed by atoms with Crippen molar-refractivity contribution in [2.24, 2.45) is 0 Å². The number of anilines is 1. The van der Waals surface area contributed by atoms with Gasteiger partial charge in [-0.1, -0.05) is 18.2 Å². The number of hydrogen-bond donors (Lipinski definition) is 1. The molecule has 13 aliphatic heterocycles. The van der Waals surface area contributed by atoms with Gasteiger partial charge in [-0.25, -0.2) is 4.79 Å². The van der Waals surface area contributed by atoms with Crippen molar-refractivity contribution in [1.82, 2.24) is 5.32 Å². The molecule has 0 aromatic heterocycles. The molecule has 0 aliphatic carbocycles. The second-order valence-electron chi connectivity index (χ2n) is 12.8. The number of carbonyl (C=O) groups excluding carboxylic acids is 1. The summed E-state index contributed by atoms with van der Waals surface area (Å²) in [6.07, 6.45) is 3.82. The third kappa shape index (κ3) is 0.152. The molecule has 10 saturated heterocycles. The number of nitrogens with one attached hydrogen (secondary N) is 1. The molecule has 1 atom stereocenters. The second-order valence-corrected chi connectivity index (χ2v) is 36.7. The Balaban J connectivity index is 0.0000000781. The minimum absolute atomic E-state index is 0.0359. The number of para-hydroxylation sites is 1. The van der Waals surface area contributed by atoms with Gasteiger partial charge in [0.15, 0.2) is 0 Å². The molecule has 2 amide bonds. The fourth-order valence-corrected chi connectivity index (χ4v) is 89.8. The molecule has 4 heteroatoms. The summed E-state index contributed by atoms with van der Waals surface area (Å²) in [5.74, 6) is 0. The van der Waals surface area contributed by atoms with Crippen LogP contribution in [0.1, 0.15) is 11.6 Å². The van der Waals surface area contributed by atoms with Crippen molar-refractivity contribution in [2.45, 2.75) is 54.2 Å². The van der Waals surface area contributed by atoms with Gasteiger partial charge in [0, 0.05) is 11.8 Å². The Morgan fingerprint density at radius 2 is 1.38 bits per heavy atom. The first kappa shape index (κ1) is 9.45. The van der Waals surface area contributed by atoms with Crippen molar-refractivity contribution in [1.29, 1.82) is 0 Å². The van der Waals surface area contributed by atoms with E-state index in [0.717, 1.165) is 5.69 Å². The van der Waals surface area contributed by atoms with Crippen LogP contribution in [0.4, 0.5) is 10.5 Å². The summed E-state index contributed by atoms with van der Waals surface area (Å²) in [7, 11) is 0. The number of amides is 2. The Labute approximate surface area is 129 Å². The normalized spacial score (nSPS) is 90.8. The van der Waals surface area contributed by atoms with Crippen LogP contribution >= 0.6 is 0 Å². The van der Waals surface area contributed by atoms with E-state index in [2.05, 4.69) is 5.32 Å². The summed E-state index contributed by atoms with van der Waals surface area (Å²) in [4.78, 5) is 28.9. The molecule has 1 spiro atoms. The van der Waals surface area contributed by atoms with Crippen LogP contribution < -0.4 is 10.2 Å². The van der Waals surface area contributed by atoms with E-state index < -0.39 is 6.51 Å². The first-order valence-electron chi connectivity index (χ1n) is 9.61. The molecule has 13 aliphatic rings. The number of carbonyl (C=O) groups is 1. The van der Waals surface area contributed by atoms with Gasteiger partial charge in [-0.15, -0.1) is 0 Å². The van der Waals surface area contributed by atoms with Crippen molar-refractivity contribution in [2.75, 3.05) is 4.90 Å². The van der Waals surface area contributed by atoms with E-state index in [4.69, 9.17) is 0 Å². The van der Waals surface area contributed by atoms with Crippen LogP contribution in [0.2, 0.25) is 48.2 Å². The number of urea groups is 1. The number of nitrogens with zero attached hydrogens (tertiary/aromatic N) is 1. The summed E-state index contributed by atoms with van der Waals surface area (Å²) in [5, 5.41) is 2.87. The average Bonchev–Trinajstić information content (AvgIpc) is 3.56. The Morgan fingerprint density at radius 3 is 1.83 bits per heavy atom. The van der Waals surface area contributed by atoms with Gasteiger partial charge in [0.1, 0.15) is 0 Å². The van der Waals surface area contributed by atoms with Crippen LogP contribution in [0.25, 0.3) is 0 Å². The molecule has 14 rings (SSSR count). The predicted molar refractivity (Wildman–Crippen MR) is 86.8 cm³/mol. The molecule has 122 valence electrons. The van der Waals surface area contributed by atoms with E-state index in [1.807, 2.05) is 36.5 Å². The molecule has 3 nitrogen and oxygen atoms in total. The predicted octanol–water partition coefficient (Wildman–Crippen LogP) is 5.16. The van der Waals surface area contributed by atoms with Gasteiger partial charge in [0.25, 0.3) is 0 Å². The third-order valence-corrected chi connectivity index (χ3v) is 58.9. The molecule has 1 aromatic carbocycles. The topological polar surface area (TPSA) is 32.3 Å². The Kier molecular flexibility index (Phi) is 0.402. The zero-order chi connectivity index (χ0) is 14.9. The molecular formula is C20H18FeN2O. The second kappa shape index (κ2) is 1.02. The zero-order valence-corrected chi connectivity index (χ0v) is 14.1. The van der Waals surface area contributed by atoms with E-state index in [1.165, 1.54) is 5.56 Å². The number of rotatable bonds is 0. The molecule has 2 bridgehead atoms. The fraction of sp³-hybridized carbons (Fsp3) is 0.550. The fourth-order valence-electron chi connectivity index (χ4n) is 17.6. The average molecular weight is 358 g/mol. The third-order valence-electron chi connectivity index (χ3n) is 17.0. The van der Waals surface area contributed by atoms with Gasteiger partial charge in [-0.05, 0) is 12.1 Å². The molecule has 0 radical (unpaired) electrons. The molecule has 1 unspecified atom stereocenters. The van der Waals surface area contributed by atoms with E-state index >= 15 is 0 Å². The summed E-state index contributed by atoms with van der Waals surface area (Å²) in [5.41, 5.74) is 2.17. The molecule has 0 saturated carbocycles. The van der Waals surface area contributed by atoms with E-state index in [1.54, 1.807) is 53.1 Å².